The van der Waals surface area contributed by atoms with E-state index in [9.17, 15) is 4.79 Å². The molecule has 0 amide bonds. The van der Waals surface area contributed by atoms with E-state index in [-0.39, 0.29) is 17.6 Å². The summed E-state index contributed by atoms with van der Waals surface area (Å²) in [7, 11) is 0. The van der Waals surface area contributed by atoms with Gasteiger partial charge in [0.25, 0.3) is 0 Å². The van der Waals surface area contributed by atoms with Crippen LogP contribution < -0.4 is 0 Å². The molecule has 2 heterocycles. The van der Waals surface area contributed by atoms with Crippen molar-refractivity contribution in [3.63, 3.8) is 0 Å². The van der Waals surface area contributed by atoms with E-state index in [1.165, 1.54) is 5.56 Å². The number of hydrogen-bond acceptors (Lipinski definition) is 2. The molecule has 0 unspecified atom stereocenters. The third-order valence-corrected chi connectivity index (χ3v) is 7.70. The molecule has 33 heavy (non-hydrogen) atoms. The average molecular weight is 427 g/mol. The Labute approximate surface area is 193 Å². The predicted octanol–water partition coefficient (Wildman–Crippen LogP) is 6.12. The molecule has 4 aromatic carbocycles. The van der Waals surface area contributed by atoms with Gasteiger partial charge in [-0.25, -0.2) is 0 Å². The van der Waals surface area contributed by atoms with E-state index in [0.717, 1.165) is 27.8 Å². The van der Waals surface area contributed by atoms with Crippen LogP contribution >= 0.6 is 0 Å². The standard InChI is InChI=1S/C31H22O2/c32-29-24(21-12-4-1-5-13-21)20-27-28(29)31(23-16-8-3-9-17-23)26-19-11-10-18-25(26)30(27,33-31)22-14-6-2-7-15-22/h1-20,27-28H/t27-,28-,30+,31-/m1/s1. The Bertz CT molecular complexity index is 1410. The van der Waals surface area contributed by atoms with E-state index < -0.39 is 11.2 Å². The van der Waals surface area contributed by atoms with Crippen molar-refractivity contribution in [3.8, 4) is 0 Å². The van der Waals surface area contributed by atoms with Crippen molar-refractivity contribution < 1.29 is 9.53 Å². The molecule has 7 rings (SSSR count). The molecule has 4 aromatic rings. The van der Waals surface area contributed by atoms with Crippen LogP contribution in [-0.4, -0.2) is 5.78 Å². The van der Waals surface area contributed by atoms with Gasteiger partial charge < -0.3 is 4.74 Å². The average Bonchev–Trinajstić information content (AvgIpc) is 3.51. The molecule has 2 heteroatoms. The first-order valence-corrected chi connectivity index (χ1v) is 11.5. The molecular formula is C31H22O2. The van der Waals surface area contributed by atoms with Crippen LogP contribution in [0, 0.1) is 11.8 Å². The lowest BCUT2D eigenvalue weighted by Gasteiger charge is -2.36. The minimum absolute atomic E-state index is 0.0855. The first kappa shape index (κ1) is 18.8. The van der Waals surface area contributed by atoms with Gasteiger partial charge in [0.15, 0.2) is 5.78 Å². The van der Waals surface area contributed by atoms with E-state index in [2.05, 4.69) is 66.7 Å². The number of fused-ring (bicyclic) bond motifs is 8. The maximum Gasteiger partial charge on any atom is 0.170 e. The van der Waals surface area contributed by atoms with Gasteiger partial charge in [0.05, 0.1) is 5.92 Å². The number of ether oxygens (including phenoxy) is 1. The summed E-state index contributed by atoms with van der Waals surface area (Å²) in [4.78, 5) is 14.2. The molecule has 0 spiro atoms. The molecule has 2 nitrogen and oxygen atoms in total. The smallest absolute Gasteiger partial charge is 0.170 e. The lowest BCUT2D eigenvalue weighted by atomic mass is 9.61. The van der Waals surface area contributed by atoms with Crippen molar-refractivity contribution in [2.45, 2.75) is 11.2 Å². The van der Waals surface area contributed by atoms with Gasteiger partial charge in [0.2, 0.25) is 0 Å². The molecule has 158 valence electrons. The summed E-state index contributed by atoms with van der Waals surface area (Å²) in [5.41, 5.74) is 4.68. The normalized spacial score (nSPS) is 29.0. The number of hydrogen-bond donors (Lipinski definition) is 0. The van der Waals surface area contributed by atoms with E-state index in [1.54, 1.807) is 0 Å². The van der Waals surface area contributed by atoms with Crippen molar-refractivity contribution in [3.05, 3.63) is 149 Å². The Morgan fingerprint density at radius 3 is 1.67 bits per heavy atom. The molecule has 0 aromatic heterocycles. The van der Waals surface area contributed by atoms with Crippen molar-refractivity contribution in [2.75, 3.05) is 0 Å². The largest absolute Gasteiger partial charge is 0.348 e. The summed E-state index contributed by atoms with van der Waals surface area (Å²) < 4.78 is 7.25. The first-order valence-electron chi connectivity index (χ1n) is 11.5. The molecule has 3 aliphatic rings. The second-order valence-corrected chi connectivity index (χ2v) is 9.17. The van der Waals surface area contributed by atoms with Crippen LogP contribution in [0.2, 0.25) is 0 Å². The maximum absolute atomic E-state index is 14.2. The van der Waals surface area contributed by atoms with E-state index in [0.29, 0.717) is 0 Å². The zero-order valence-corrected chi connectivity index (χ0v) is 18.0. The fraction of sp³-hybridized carbons (Fsp3) is 0.129. The van der Waals surface area contributed by atoms with Gasteiger partial charge in [-0.1, -0.05) is 121 Å². The Hall–Kier alpha value is -3.75. The highest BCUT2D eigenvalue weighted by Crippen LogP contribution is 2.71. The Morgan fingerprint density at radius 2 is 1.06 bits per heavy atom. The highest BCUT2D eigenvalue weighted by atomic mass is 16.5. The fourth-order valence-corrected chi connectivity index (χ4v) is 6.48. The summed E-state index contributed by atoms with van der Waals surface area (Å²) in [5.74, 6) is -0.231. The van der Waals surface area contributed by atoms with Crippen molar-refractivity contribution in [2.24, 2.45) is 11.8 Å². The van der Waals surface area contributed by atoms with Crippen LogP contribution in [0.4, 0.5) is 0 Å². The zero-order chi connectivity index (χ0) is 22.0. The molecule has 0 saturated carbocycles. The Kier molecular flexibility index (Phi) is 3.77. The summed E-state index contributed by atoms with van der Waals surface area (Å²) in [6.45, 7) is 0. The van der Waals surface area contributed by atoms with Gasteiger partial charge in [-0.15, -0.1) is 0 Å². The first-order chi connectivity index (χ1) is 16.3. The molecule has 2 bridgehead atoms. The fourth-order valence-electron chi connectivity index (χ4n) is 6.48. The molecule has 0 radical (unpaired) electrons. The summed E-state index contributed by atoms with van der Waals surface area (Å²) in [6, 6.07) is 39.3. The number of ketones is 1. The molecule has 4 atom stereocenters. The van der Waals surface area contributed by atoms with E-state index >= 15 is 0 Å². The summed E-state index contributed by atoms with van der Waals surface area (Å²) >= 11 is 0. The van der Waals surface area contributed by atoms with E-state index in [1.807, 2.05) is 54.6 Å². The SMILES string of the molecule is O=C1C(c2ccccc2)=C[C@@H]2[C@H]1[C@]1(c3ccccc3)O[C@@]2(c2ccccc2)c2ccccc21. The number of rotatable bonds is 3. The molecular weight excluding hydrogens is 404 g/mol. The van der Waals surface area contributed by atoms with Gasteiger partial charge in [-0.3, -0.25) is 4.79 Å². The highest BCUT2D eigenvalue weighted by Gasteiger charge is 2.73. The van der Waals surface area contributed by atoms with Gasteiger partial charge >= 0.3 is 0 Å². The summed E-state index contributed by atoms with van der Waals surface area (Å²) in [5, 5.41) is 0. The minimum Gasteiger partial charge on any atom is -0.348 e. The second-order valence-electron chi connectivity index (χ2n) is 9.17. The van der Waals surface area contributed by atoms with Crippen LogP contribution in [0.5, 0.6) is 0 Å². The van der Waals surface area contributed by atoms with Gasteiger partial charge in [0.1, 0.15) is 11.2 Å². The van der Waals surface area contributed by atoms with Crippen LogP contribution in [0.3, 0.4) is 0 Å². The topological polar surface area (TPSA) is 26.3 Å². The lowest BCUT2D eigenvalue weighted by molar-refractivity contribution is -0.122. The molecule has 1 fully saturated rings. The van der Waals surface area contributed by atoms with Crippen molar-refractivity contribution in [1.29, 1.82) is 0 Å². The number of carbonyl (C=O) groups is 1. The van der Waals surface area contributed by atoms with Gasteiger partial charge in [0, 0.05) is 11.5 Å². The third kappa shape index (κ3) is 2.24. The number of benzene rings is 4. The molecule has 1 saturated heterocycles. The maximum atomic E-state index is 14.2. The minimum atomic E-state index is -0.817. The van der Waals surface area contributed by atoms with Crippen LogP contribution in [-0.2, 0) is 20.7 Å². The van der Waals surface area contributed by atoms with Crippen LogP contribution in [0.1, 0.15) is 27.8 Å². The quantitative estimate of drug-likeness (QED) is 0.395. The number of allylic oxidation sites excluding steroid dienone is 1. The highest BCUT2D eigenvalue weighted by molar-refractivity contribution is 6.25. The van der Waals surface area contributed by atoms with Crippen molar-refractivity contribution in [1.82, 2.24) is 0 Å². The monoisotopic (exact) mass is 426 g/mol. The van der Waals surface area contributed by atoms with Crippen LogP contribution in [0.25, 0.3) is 5.57 Å². The molecule has 1 aliphatic carbocycles. The molecule has 2 aliphatic heterocycles. The lowest BCUT2D eigenvalue weighted by Crippen LogP contribution is -2.41. The second kappa shape index (κ2) is 6.63. The number of carbonyl (C=O) groups excluding carboxylic acids is 1. The van der Waals surface area contributed by atoms with Crippen LogP contribution in [0.15, 0.2) is 121 Å². The van der Waals surface area contributed by atoms with Gasteiger partial charge in [-0.05, 0) is 27.8 Å². The van der Waals surface area contributed by atoms with Crippen molar-refractivity contribution >= 4 is 11.4 Å². The Morgan fingerprint density at radius 1 is 0.576 bits per heavy atom. The predicted molar refractivity (Wildman–Crippen MR) is 128 cm³/mol. The molecule has 0 N–H and O–H groups in total. The third-order valence-electron chi connectivity index (χ3n) is 7.70. The number of Topliss-reactive ketones (excluding diaryl/α,β-unsaturated/α-hetero) is 1. The van der Waals surface area contributed by atoms with E-state index in [4.69, 9.17) is 4.74 Å². The van der Waals surface area contributed by atoms with Gasteiger partial charge in [-0.2, -0.15) is 0 Å². The Balaban J connectivity index is 1.56. The summed E-state index contributed by atoms with van der Waals surface area (Å²) in [6.07, 6.45) is 2.19. The zero-order valence-electron chi connectivity index (χ0n) is 18.0.